The van der Waals surface area contributed by atoms with Crippen molar-refractivity contribution in [2.45, 2.75) is 26.7 Å². The van der Waals surface area contributed by atoms with E-state index in [1.54, 1.807) is 12.1 Å². The van der Waals surface area contributed by atoms with Crippen LogP contribution in [-0.2, 0) is 11.2 Å². The van der Waals surface area contributed by atoms with Crippen LogP contribution in [0.1, 0.15) is 23.1 Å². The van der Waals surface area contributed by atoms with Crippen molar-refractivity contribution in [2.24, 2.45) is 0 Å². The number of halogens is 1. The highest BCUT2D eigenvalue weighted by Gasteiger charge is 2.21. The van der Waals surface area contributed by atoms with Crippen LogP contribution in [0.4, 0.5) is 10.1 Å². The van der Waals surface area contributed by atoms with Crippen LogP contribution in [-0.4, -0.2) is 37.0 Å². The first kappa shape index (κ1) is 17.5. The van der Waals surface area contributed by atoms with Crippen molar-refractivity contribution < 1.29 is 9.18 Å². The fourth-order valence-electron chi connectivity index (χ4n) is 3.39. The Bertz CT molecular complexity index is 734. The minimum absolute atomic E-state index is 0.219. The molecule has 0 spiro atoms. The van der Waals surface area contributed by atoms with E-state index in [4.69, 9.17) is 0 Å². The summed E-state index contributed by atoms with van der Waals surface area (Å²) in [5.74, 6) is 0.00249. The van der Waals surface area contributed by atoms with Crippen molar-refractivity contribution in [1.82, 2.24) is 4.90 Å². The number of piperazine rings is 1. The van der Waals surface area contributed by atoms with E-state index in [2.05, 4.69) is 36.9 Å². The Hall–Kier alpha value is -2.36. The predicted molar refractivity (Wildman–Crippen MR) is 99.4 cm³/mol. The van der Waals surface area contributed by atoms with Crippen molar-refractivity contribution in [3.05, 3.63) is 65.0 Å². The highest BCUT2D eigenvalue weighted by Crippen LogP contribution is 2.18. The van der Waals surface area contributed by atoms with Gasteiger partial charge in [-0.3, -0.25) is 4.79 Å². The quantitative estimate of drug-likeness (QED) is 0.847. The van der Waals surface area contributed by atoms with Crippen molar-refractivity contribution in [3.63, 3.8) is 0 Å². The highest BCUT2D eigenvalue weighted by molar-refractivity contribution is 5.77. The largest absolute Gasteiger partial charge is 0.368 e. The minimum Gasteiger partial charge on any atom is -0.368 e. The van der Waals surface area contributed by atoms with E-state index in [0.717, 1.165) is 38.3 Å². The molecule has 0 radical (unpaired) electrons. The maximum absolute atomic E-state index is 13.0. The van der Waals surface area contributed by atoms with Crippen molar-refractivity contribution in [3.8, 4) is 0 Å². The van der Waals surface area contributed by atoms with E-state index in [-0.39, 0.29) is 11.7 Å². The van der Waals surface area contributed by atoms with Crippen LogP contribution in [0.15, 0.2) is 42.5 Å². The van der Waals surface area contributed by atoms with Gasteiger partial charge in [0, 0.05) is 38.3 Å². The van der Waals surface area contributed by atoms with E-state index in [0.29, 0.717) is 6.42 Å². The Balaban J connectivity index is 1.50. The number of carbonyl (C=O) groups excluding carboxylic acids is 1. The zero-order valence-corrected chi connectivity index (χ0v) is 15.0. The van der Waals surface area contributed by atoms with Gasteiger partial charge in [0.1, 0.15) is 5.82 Å². The molecule has 1 fully saturated rings. The van der Waals surface area contributed by atoms with E-state index in [9.17, 15) is 9.18 Å². The highest BCUT2D eigenvalue weighted by atomic mass is 19.1. The van der Waals surface area contributed by atoms with Crippen LogP contribution in [0.2, 0.25) is 0 Å². The van der Waals surface area contributed by atoms with E-state index in [1.807, 2.05) is 4.90 Å². The third-order valence-electron chi connectivity index (χ3n) is 4.93. The molecule has 132 valence electrons. The zero-order valence-electron chi connectivity index (χ0n) is 15.0. The average Bonchev–Trinajstić information content (AvgIpc) is 2.61. The summed E-state index contributed by atoms with van der Waals surface area (Å²) in [5, 5.41) is 0. The normalized spacial score (nSPS) is 14.7. The lowest BCUT2D eigenvalue weighted by molar-refractivity contribution is -0.131. The van der Waals surface area contributed by atoms with Gasteiger partial charge in [0.15, 0.2) is 0 Å². The molecule has 2 aromatic rings. The molecule has 25 heavy (non-hydrogen) atoms. The van der Waals surface area contributed by atoms with Gasteiger partial charge in [0.05, 0.1) is 0 Å². The second-order valence-electron chi connectivity index (χ2n) is 6.77. The van der Waals surface area contributed by atoms with Gasteiger partial charge in [-0.25, -0.2) is 4.39 Å². The lowest BCUT2D eigenvalue weighted by atomic mass is 10.0. The number of hydrogen-bond donors (Lipinski definition) is 0. The van der Waals surface area contributed by atoms with Crippen LogP contribution in [0.5, 0.6) is 0 Å². The summed E-state index contributed by atoms with van der Waals surface area (Å²) in [7, 11) is 0. The second-order valence-corrected chi connectivity index (χ2v) is 6.77. The molecule has 3 rings (SSSR count). The first-order chi connectivity index (χ1) is 12.0. The number of anilines is 1. The first-order valence-electron chi connectivity index (χ1n) is 8.87. The molecule has 2 aromatic carbocycles. The monoisotopic (exact) mass is 340 g/mol. The van der Waals surface area contributed by atoms with Gasteiger partial charge in [0.2, 0.25) is 5.91 Å². The van der Waals surface area contributed by atoms with Crippen LogP contribution >= 0.6 is 0 Å². The van der Waals surface area contributed by atoms with Crippen LogP contribution in [0.25, 0.3) is 0 Å². The molecule has 0 aliphatic carbocycles. The Morgan fingerprint density at radius 3 is 2.32 bits per heavy atom. The summed E-state index contributed by atoms with van der Waals surface area (Å²) in [6.45, 7) is 7.23. The fourth-order valence-corrected chi connectivity index (χ4v) is 3.39. The SMILES string of the molecule is Cc1ccc(CCC(=O)N2CCN(c3ccc(F)cc3)CC2)c(C)c1. The molecule has 3 nitrogen and oxygen atoms in total. The van der Waals surface area contributed by atoms with Crippen molar-refractivity contribution in [2.75, 3.05) is 31.1 Å². The lowest BCUT2D eigenvalue weighted by Gasteiger charge is -2.36. The molecule has 0 atom stereocenters. The standard InChI is InChI=1S/C21H25FN2O/c1-16-3-4-18(17(2)15-16)5-10-21(25)24-13-11-23(12-14-24)20-8-6-19(22)7-9-20/h3-4,6-9,15H,5,10-14H2,1-2H3. The predicted octanol–water partition coefficient (Wildman–Crippen LogP) is 3.72. The summed E-state index contributed by atoms with van der Waals surface area (Å²) in [6.07, 6.45) is 1.35. The number of aryl methyl sites for hydroxylation is 3. The number of nitrogens with zero attached hydrogens (tertiary/aromatic N) is 2. The van der Waals surface area contributed by atoms with Crippen molar-refractivity contribution in [1.29, 1.82) is 0 Å². The Morgan fingerprint density at radius 1 is 1.00 bits per heavy atom. The van der Waals surface area contributed by atoms with Gasteiger partial charge in [-0.15, -0.1) is 0 Å². The molecule has 1 amide bonds. The van der Waals surface area contributed by atoms with Crippen molar-refractivity contribution >= 4 is 11.6 Å². The smallest absolute Gasteiger partial charge is 0.223 e. The Morgan fingerprint density at radius 2 is 1.68 bits per heavy atom. The molecule has 1 aliphatic heterocycles. The summed E-state index contributed by atoms with van der Waals surface area (Å²) < 4.78 is 13.0. The maximum Gasteiger partial charge on any atom is 0.223 e. The zero-order chi connectivity index (χ0) is 17.8. The molecule has 0 unspecified atom stereocenters. The van der Waals surface area contributed by atoms with E-state index >= 15 is 0 Å². The van der Waals surface area contributed by atoms with E-state index in [1.165, 1.54) is 28.8 Å². The number of rotatable bonds is 4. The number of hydrogen-bond acceptors (Lipinski definition) is 2. The fraction of sp³-hybridized carbons (Fsp3) is 0.381. The molecule has 4 heteroatoms. The number of carbonyl (C=O) groups is 1. The first-order valence-corrected chi connectivity index (χ1v) is 8.87. The molecule has 0 saturated carbocycles. The molecule has 0 N–H and O–H groups in total. The second kappa shape index (κ2) is 7.68. The molecular weight excluding hydrogens is 315 g/mol. The summed E-state index contributed by atoms with van der Waals surface area (Å²) >= 11 is 0. The van der Waals surface area contributed by atoms with Gasteiger partial charge in [0.25, 0.3) is 0 Å². The van der Waals surface area contributed by atoms with Crippen LogP contribution < -0.4 is 4.90 Å². The van der Waals surface area contributed by atoms with E-state index < -0.39 is 0 Å². The molecule has 0 aromatic heterocycles. The molecule has 1 heterocycles. The number of amides is 1. The lowest BCUT2D eigenvalue weighted by Crippen LogP contribution is -2.48. The summed E-state index contributed by atoms with van der Waals surface area (Å²) in [4.78, 5) is 16.6. The van der Waals surface area contributed by atoms with Gasteiger partial charge in [-0.1, -0.05) is 23.8 Å². The summed E-state index contributed by atoms with van der Waals surface area (Å²) in [5.41, 5.74) is 4.78. The molecule has 0 bridgehead atoms. The average molecular weight is 340 g/mol. The topological polar surface area (TPSA) is 23.6 Å². The molecular formula is C21H25FN2O. The van der Waals surface area contributed by atoms with Gasteiger partial charge in [-0.2, -0.15) is 0 Å². The van der Waals surface area contributed by atoms with Gasteiger partial charge < -0.3 is 9.80 Å². The minimum atomic E-state index is -0.219. The maximum atomic E-state index is 13.0. The molecule has 1 saturated heterocycles. The van der Waals surface area contributed by atoms with Crippen LogP contribution in [0, 0.1) is 19.7 Å². The van der Waals surface area contributed by atoms with Crippen LogP contribution in [0.3, 0.4) is 0 Å². The Kier molecular flexibility index (Phi) is 5.37. The van der Waals surface area contributed by atoms with Gasteiger partial charge in [-0.05, 0) is 55.7 Å². The summed E-state index contributed by atoms with van der Waals surface area (Å²) in [6, 6.07) is 13.0. The third kappa shape index (κ3) is 4.38. The van der Waals surface area contributed by atoms with Gasteiger partial charge >= 0.3 is 0 Å². The third-order valence-corrected chi connectivity index (χ3v) is 4.93. The molecule has 1 aliphatic rings. The Labute approximate surface area is 149 Å². The number of benzene rings is 2.